The Morgan fingerprint density at radius 2 is 1.75 bits per heavy atom. The van der Waals surface area contributed by atoms with E-state index in [1.165, 1.54) is 0 Å². The number of aryl methyl sites for hydroxylation is 1. The summed E-state index contributed by atoms with van der Waals surface area (Å²) in [4.78, 5) is 33.4. The van der Waals surface area contributed by atoms with Gasteiger partial charge in [-0.3, -0.25) is 14.2 Å². The molecule has 0 aliphatic carbocycles. The van der Waals surface area contributed by atoms with Crippen LogP contribution in [0.3, 0.4) is 0 Å². The lowest BCUT2D eigenvalue weighted by Crippen LogP contribution is -2.26. The van der Waals surface area contributed by atoms with Crippen LogP contribution in [0, 0.1) is 10.5 Å². The molecule has 0 saturated heterocycles. The molecule has 5 nitrogen and oxygen atoms in total. The smallest absolute Gasteiger partial charge is 0.266 e. The van der Waals surface area contributed by atoms with Crippen LogP contribution in [0.25, 0.3) is 28.2 Å². The number of amides is 1. The highest BCUT2D eigenvalue weighted by Crippen LogP contribution is 2.37. The molecule has 1 amide bonds. The Balaban J connectivity index is 1.82. The first-order valence-electron chi connectivity index (χ1n) is 10.4. The Kier molecular flexibility index (Phi) is 5.17. The number of benzene rings is 3. The number of hydrogen-bond donors (Lipinski definition) is 0. The summed E-state index contributed by atoms with van der Waals surface area (Å²) in [5.41, 5.74) is 4.54. The Morgan fingerprint density at radius 1 is 1.00 bits per heavy atom. The van der Waals surface area contributed by atoms with E-state index in [1.54, 1.807) is 15.5 Å². The van der Waals surface area contributed by atoms with Crippen LogP contribution in [0.15, 0.2) is 71.5 Å². The topological polar surface area (TPSA) is 55.2 Å². The Labute approximate surface area is 199 Å². The summed E-state index contributed by atoms with van der Waals surface area (Å²) in [6.07, 6.45) is 1.75. The van der Waals surface area contributed by atoms with Gasteiger partial charge in [0.25, 0.3) is 11.5 Å². The third kappa shape index (κ3) is 3.35. The molecule has 1 aliphatic heterocycles. The highest BCUT2D eigenvalue weighted by Gasteiger charge is 2.31. The molecule has 3 aromatic carbocycles. The molecule has 1 aliphatic rings. The molecule has 158 valence electrons. The lowest BCUT2D eigenvalue weighted by Gasteiger charge is -2.14. The summed E-state index contributed by atoms with van der Waals surface area (Å²) < 4.78 is 2.56. The molecule has 0 fully saturated rings. The molecule has 0 bridgehead atoms. The first-order chi connectivity index (χ1) is 15.5. The fourth-order valence-electron chi connectivity index (χ4n) is 4.10. The average molecular weight is 533 g/mol. The van der Waals surface area contributed by atoms with Crippen LogP contribution < -0.4 is 10.5 Å². The zero-order chi connectivity index (χ0) is 22.4. The van der Waals surface area contributed by atoms with Gasteiger partial charge in [0.05, 0.1) is 27.9 Å². The Morgan fingerprint density at radius 3 is 2.50 bits per heavy atom. The number of hydrogen-bond acceptors (Lipinski definition) is 3. The Hall–Kier alpha value is -3.26. The van der Waals surface area contributed by atoms with Gasteiger partial charge in [-0.15, -0.1) is 0 Å². The number of anilines is 1. The van der Waals surface area contributed by atoms with Crippen molar-refractivity contribution >= 4 is 56.7 Å². The van der Waals surface area contributed by atoms with Crippen LogP contribution in [0.2, 0.25) is 0 Å². The van der Waals surface area contributed by atoms with E-state index >= 15 is 0 Å². The van der Waals surface area contributed by atoms with Crippen LogP contribution >= 0.6 is 22.6 Å². The molecule has 0 N–H and O–H groups in total. The number of halogens is 1. The maximum absolute atomic E-state index is 13.6. The van der Waals surface area contributed by atoms with E-state index in [9.17, 15) is 9.59 Å². The maximum Gasteiger partial charge on any atom is 0.266 e. The van der Waals surface area contributed by atoms with Gasteiger partial charge in [0.2, 0.25) is 0 Å². The van der Waals surface area contributed by atoms with Crippen molar-refractivity contribution in [3.05, 3.63) is 97.6 Å². The van der Waals surface area contributed by atoms with E-state index in [0.29, 0.717) is 34.5 Å². The van der Waals surface area contributed by atoms with E-state index in [4.69, 9.17) is 4.98 Å². The second kappa shape index (κ2) is 8.02. The SMILES string of the molecule is CCN1C(=O)/C(=C/c2nc3ccc(I)cc3c(=O)n2-c2ccc(C)cc2)c2ccccc21. The molecule has 2 heterocycles. The second-order valence-corrected chi connectivity index (χ2v) is 8.98. The third-order valence-corrected chi connectivity index (χ3v) is 6.37. The van der Waals surface area contributed by atoms with Crippen LogP contribution in [0.5, 0.6) is 0 Å². The molecule has 4 aromatic rings. The largest absolute Gasteiger partial charge is 0.308 e. The van der Waals surface area contributed by atoms with Crippen molar-refractivity contribution in [3.8, 4) is 5.69 Å². The van der Waals surface area contributed by atoms with E-state index in [-0.39, 0.29) is 11.5 Å². The Bertz CT molecular complexity index is 1470. The van der Waals surface area contributed by atoms with Crippen molar-refractivity contribution in [2.75, 3.05) is 11.4 Å². The summed E-state index contributed by atoms with van der Waals surface area (Å²) in [5, 5.41) is 0.549. The van der Waals surface area contributed by atoms with E-state index in [1.807, 2.05) is 80.6 Å². The summed E-state index contributed by atoms with van der Waals surface area (Å²) in [6, 6.07) is 21.1. The van der Waals surface area contributed by atoms with Crippen LogP contribution in [-0.4, -0.2) is 22.0 Å². The van der Waals surface area contributed by atoms with Crippen molar-refractivity contribution in [1.82, 2.24) is 9.55 Å². The first-order valence-corrected chi connectivity index (χ1v) is 11.5. The third-order valence-electron chi connectivity index (χ3n) is 5.70. The molecule has 5 rings (SSSR count). The van der Waals surface area contributed by atoms with Gasteiger partial charge in [0.15, 0.2) is 0 Å². The predicted molar refractivity (Wildman–Crippen MR) is 137 cm³/mol. The number of carbonyl (C=O) groups excluding carboxylic acids is 1. The molecule has 0 unspecified atom stereocenters. The number of fused-ring (bicyclic) bond motifs is 2. The summed E-state index contributed by atoms with van der Waals surface area (Å²) in [7, 11) is 0. The zero-order valence-corrected chi connectivity index (χ0v) is 19.8. The first kappa shape index (κ1) is 20.6. The van der Waals surface area contributed by atoms with Gasteiger partial charge in [-0.25, -0.2) is 4.98 Å². The molecule has 0 saturated carbocycles. The van der Waals surface area contributed by atoms with Crippen molar-refractivity contribution in [3.63, 3.8) is 0 Å². The number of likely N-dealkylation sites (N-methyl/N-ethyl adjacent to an activating group) is 1. The van der Waals surface area contributed by atoms with Crippen molar-refractivity contribution in [2.45, 2.75) is 13.8 Å². The van der Waals surface area contributed by atoms with Gasteiger partial charge in [-0.05, 0) is 78.9 Å². The molecule has 0 atom stereocenters. The zero-order valence-electron chi connectivity index (χ0n) is 17.7. The lowest BCUT2D eigenvalue weighted by atomic mass is 10.1. The van der Waals surface area contributed by atoms with Gasteiger partial charge in [-0.1, -0.05) is 35.9 Å². The number of rotatable bonds is 3. The highest BCUT2D eigenvalue weighted by molar-refractivity contribution is 14.1. The summed E-state index contributed by atoms with van der Waals surface area (Å²) in [6.45, 7) is 4.53. The normalized spacial score (nSPS) is 14.4. The molecular weight excluding hydrogens is 513 g/mol. The van der Waals surface area contributed by atoms with Crippen LogP contribution in [-0.2, 0) is 4.79 Å². The molecule has 0 spiro atoms. The average Bonchev–Trinajstić information content (AvgIpc) is 3.06. The van der Waals surface area contributed by atoms with Gasteiger partial charge in [-0.2, -0.15) is 0 Å². The molecule has 0 radical (unpaired) electrons. The molecule has 1 aromatic heterocycles. The van der Waals surface area contributed by atoms with Crippen molar-refractivity contribution < 1.29 is 4.79 Å². The molecule has 32 heavy (non-hydrogen) atoms. The number of carbonyl (C=O) groups is 1. The van der Waals surface area contributed by atoms with Crippen molar-refractivity contribution in [1.29, 1.82) is 0 Å². The minimum Gasteiger partial charge on any atom is -0.308 e. The van der Waals surface area contributed by atoms with Crippen LogP contribution in [0.1, 0.15) is 23.9 Å². The van der Waals surface area contributed by atoms with E-state index in [2.05, 4.69) is 22.6 Å². The number of para-hydroxylation sites is 1. The van der Waals surface area contributed by atoms with Gasteiger partial charge in [0.1, 0.15) is 5.82 Å². The van der Waals surface area contributed by atoms with E-state index in [0.717, 1.165) is 20.4 Å². The monoisotopic (exact) mass is 533 g/mol. The maximum atomic E-state index is 13.6. The minimum absolute atomic E-state index is 0.0823. The van der Waals surface area contributed by atoms with Gasteiger partial charge >= 0.3 is 0 Å². The molecule has 6 heteroatoms. The summed E-state index contributed by atoms with van der Waals surface area (Å²) in [5.74, 6) is 0.352. The quantitative estimate of drug-likeness (QED) is 0.269. The predicted octanol–water partition coefficient (Wildman–Crippen LogP) is 5.21. The van der Waals surface area contributed by atoms with E-state index < -0.39 is 0 Å². The fourth-order valence-corrected chi connectivity index (χ4v) is 4.60. The molecular formula is C26H20IN3O2. The summed E-state index contributed by atoms with van der Waals surface area (Å²) >= 11 is 2.20. The number of aromatic nitrogens is 2. The number of nitrogens with zero attached hydrogens (tertiary/aromatic N) is 3. The fraction of sp³-hybridized carbons (Fsp3) is 0.115. The lowest BCUT2D eigenvalue weighted by molar-refractivity contribution is -0.112. The van der Waals surface area contributed by atoms with Gasteiger partial charge in [0, 0.05) is 15.7 Å². The van der Waals surface area contributed by atoms with Crippen LogP contribution in [0.4, 0.5) is 5.69 Å². The second-order valence-electron chi connectivity index (χ2n) is 7.73. The minimum atomic E-state index is -0.157. The highest BCUT2D eigenvalue weighted by atomic mass is 127. The van der Waals surface area contributed by atoms with Crippen molar-refractivity contribution in [2.24, 2.45) is 0 Å². The van der Waals surface area contributed by atoms with Gasteiger partial charge < -0.3 is 4.90 Å². The standard InChI is InChI=1S/C26H20IN3O2/c1-3-29-23-7-5-4-6-19(23)20(25(29)31)15-24-28-22-13-10-17(27)14-21(22)26(32)30(24)18-11-8-16(2)9-12-18/h4-15H,3H2,1-2H3/b20-15+.